The van der Waals surface area contributed by atoms with Crippen LogP contribution in [0.3, 0.4) is 0 Å². The summed E-state index contributed by atoms with van der Waals surface area (Å²) in [7, 11) is 0. The Kier molecular flexibility index (Phi) is 5.19. The zero-order chi connectivity index (χ0) is 13.7. The lowest BCUT2D eigenvalue weighted by molar-refractivity contribution is -0.0464. The van der Waals surface area contributed by atoms with Gasteiger partial charge in [0, 0.05) is 19.6 Å². The monoisotopic (exact) mass is 264 g/mol. The fourth-order valence-corrected chi connectivity index (χ4v) is 2.28. The molecule has 1 heterocycles. The molecule has 1 aliphatic heterocycles. The first-order chi connectivity index (χ1) is 9.22. The molecule has 0 spiro atoms. The molecule has 4 heteroatoms. The van der Waals surface area contributed by atoms with Crippen LogP contribution in [0.15, 0.2) is 18.2 Å². The quantitative estimate of drug-likeness (QED) is 0.876. The number of nitrogens with zero attached hydrogens (tertiary/aromatic N) is 1. The van der Waals surface area contributed by atoms with E-state index in [1.54, 1.807) is 0 Å². The van der Waals surface area contributed by atoms with Crippen LogP contribution >= 0.6 is 0 Å². The van der Waals surface area contributed by atoms with E-state index in [1.807, 2.05) is 12.1 Å². The van der Waals surface area contributed by atoms with E-state index in [2.05, 4.69) is 24.8 Å². The standard InChI is InChI=1S/C15H24N2O2/c1-3-17-6-7-18-14(10-17)11-19-15-8-13(9-16)5-4-12(15)2/h4-5,8,14H,3,6-7,9-11,16H2,1-2H3. The molecule has 0 aromatic heterocycles. The molecule has 2 N–H and O–H groups in total. The van der Waals surface area contributed by atoms with Crippen LogP contribution in [0.4, 0.5) is 0 Å². The Balaban J connectivity index is 1.91. The van der Waals surface area contributed by atoms with Crippen molar-refractivity contribution in [1.82, 2.24) is 4.90 Å². The van der Waals surface area contributed by atoms with Crippen molar-refractivity contribution in [3.8, 4) is 5.75 Å². The highest BCUT2D eigenvalue weighted by molar-refractivity contribution is 5.36. The normalized spacial score (nSPS) is 20.5. The Labute approximate surface area is 115 Å². The van der Waals surface area contributed by atoms with E-state index in [4.69, 9.17) is 15.2 Å². The van der Waals surface area contributed by atoms with Crippen LogP contribution in [0.25, 0.3) is 0 Å². The molecule has 1 saturated heterocycles. The van der Waals surface area contributed by atoms with Gasteiger partial charge in [-0.3, -0.25) is 4.90 Å². The molecule has 0 amide bonds. The maximum absolute atomic E-state index is 5.90. The summed E-state index contributed by atoms with van der Waals surface area (Å²) < 4.78 is 11.6. The van der Waals surface area contributed by atoms with E-state index in [0.29, 0.717) is 13.2 Å². The molecule has 2 rings (SSSR count). The van der Waals surface area contributed by atoms with E-state index in [9.17, 15) is 0 Å². The van der Waals surface area contributed by atoms with E-state index < -0.39 is 0 Å². The number of hydrogen-bond acceptors (Lipinski definition) is 4. The highest BCUT2D eigenvalue weighted by Crippen LogP contribution is 2.20. The average Bonchev–Trinajstić information content (AvgIpc) is 2.46. The second-order valence-electron chi connectivity index (χ2n) is 5.00. The fourth-order valence-electron chi connectivity index (χ4n) is 2.28. The highest BCUT2D eigenvalue weighted by Gasteiger charge is 2.20. The van der Waals surface area contributed by atoms with Gasteiger partial charge in [0.1, 0.15) is 18.5 Å². The van der Waals surface area contributed by atoms with Gasteiger partial charge in [-0.25, -0.2) is 0 Å². The molecule has 1 unspecified atom stereocenters. The van der Waals surface area contributed by atoms with Gasteiger partial charge >= 0.3 is 0 Å². The van der Waals surface area contributed by atoms with Crippen molar-refractivity contribution in [1.29, 1.82) is 0 Å². The van der Waals surface area contributed by atoms with E-state index in [-0.39, 0.29) is 6.10 Å². The Morgan fingerprint density at radius 1 is 1.47 bits per heavy atom. The van der Waals surface area contributed by atoms with Crippen LogP contribution in [0, 0.1) is 6.92 Å². The first-order valence-corrected chi connectivity index (χ1v) is 6.99. The predicted molar refractivity (Wildman–Crippen MR) is 76.4 cm³/mol. The maximum atomic E-state index is 5.90. The van der Waals surface area contributed by atoms with Crippen LogP contribution in [0.1, 0.15) is 18.1 Å². The summed E-state index contributed by atoms with van der Waals surface area (Å²) in [6.45, 7) is 9.21. The number of benzene rings is 1. The molecule has 0 radical (unpaired) electrons. The Morgan fingerprint density at radius 3 is 3.05 bits per heavy atom. The third-order valence-corrected chi connectivity index (χ3v) is 3.58. The summed E-state index contributed by atoms with van der Waals surface area (Å²) in [5.41, 5.74) is 7.89. The minimum Gasteiger partial charge on any atom is -0.491 e. The van der Waals surface area contributed by atoms with Crippen molar-refractivity contribution in [2.24, 2.45) is 5.73 Å². The van der Waals surface area contributed by atoms with Crippen LogP contribution in [-0.2, 0) is 11.3 Å². The predicted octanol–water partition coefficient (Wildman–Crippen LogP) is 1.55. The lowest BCUT2D eigenvalue weighted by Gasteiger charge is -2.32. The molecule has 0 saturated carbocycles. The summed E-state index contributed by atoms with van der Waals surface area (Å²) in [5.74, 6) is 0.917. The third kappa shape index (κ3) is 3.93. The van der Waals surface area contributed by atoms with Gasteiger partial charge in [0.05, 0.1) is 6.61 Å². The minimum atomic E-state index is 0.162. The van der Waals surface area contributed by atoms with Crippen LogP contribution in [0.5, 0.6) is 5.75 Å². The second-order valence-corrected chi connectivity index (χ2v) is 5.00. The van der Waals surface area contributed by atoms with Gasteiger partial charge < -0.3 is 15.2 Å². The largest absolute Gasteiger partial charge is 0.491 e. The van der Waals surface area contributed by atoms with Crippen molar-refractivity contribution in [3.63, 3.8) is 0 Å². The molecule has 1 aromatic carbocycles. The molecule has 1 aromatic rings. The summed E-state index contributed by atoms with van der Waals surface area (Å²) in [6, 6.07) is 6.12. The van der Waals surface area contributed by atoms with Crippen molar-refractivity contribution in [3.05, 3.63) is 29.3 Å². The molecule has 4 nitrogen and oxygen atoms in total. The summed E-state index contributed by atoms with van der Waals surface area (Å²) >= 11 is 0. The number of ether oxygens (including phenoxy) is 2. The topological polar surface area (TPSA) is 47.7 Å². The van der Waals surface area contributed by atoms with E-state index in [0.717, 1.165) is 43.1 Å². The van der Waals surface area contributed by atoms with E-state index in [1.165, 1.54) is 0 Å². The Hall–Kier alpha value is -1.10. The van der Waals surface area contributed by atoms with Gasteiger partial charge in [-0.15, -0.1) is 0 Å². The smallest absolute Gasteiger partial charge is 0.122 e. The highest BCUT2D eigenvalue weighted by atomic mass is 16.5. The first kappa shape index (κ1) is 14.3. The number of nitrogens with two attached hydrogens (primary N) is 1. The van der Waals surface area contributed by atoms with E-state index >= 15 is 0 Å². The first-order valence-electron chi connectivity index (χ1n) is 6.99. The van der Waals surface area contributed by atoms with Gasteiger partial charge in [-0.05, 0) is 30.7 Å². The molecule has 19 heavy (non-hydrogen) atoms. The van der Waals surface area contributed by atoms with Crippen molar-refractivity contribution >= 4 is 0 Å². The minimum absolute atomic E-state index is 0.162. The molecule has 1 atom stereocenters. The van der Waals surface area contributed by atoms with Crippen molar-refractivity contribution < 1.29 is 9.47 Å². The van der Waals surface area contributed by atoms with Gasteiger partial charge in [-0.2, -0.15) is 0 Å². The maximum Gasteiger partial charge on any atom is 0.122 e. The van der Waals surface area contributed by atoms with Crippen LogP contribution in [0.2, 0.25) is 0 Å². The lowest BCUT2D eigenvalue weighted by atomic mass is 10.1. The zero-order valence-electron chi connectivity index (χ0n) is 11.9. The Bertz CT molecular complexity index is 409. The van der Waals surface area contributed by atoms with Crippen LogP contribution < -0.4 is 10.5 Å². The lowest BCUT2D eigenvalue weighted by Crippen LogP contribution is -2.44. The zero-order valence-corrected chi connectivity index (χ0v) is 11.9. The second kappa shape index (κ2) is 6.89. The van der Waals surface area contributed by atoms with Crippen molar-refractivity contribution in [2.45, 2.75) is 26.5 Å². The number of hydrogen-bond donors (Lipinski definition) is 1. The third-order valence-electron chi connectivity index (χ3n) is 3.58. The number of morpholine rings is 1. The average molecular weight is 264 g/mol. The molecular formula is C15H24N2O2. The summed E-state index contributed by atoms with van der Waals surface area (Å²) in [6.07, 6.45) is 0.162. The van der Waals surface area contributed by atoms with Gasteiger partial charge in [-0.1, -0.05) is 19.1 Å². The SMILES string of the molecule is CCN1CCOC(COc2cc(CN)ccc2C)C1. The molecule has 1 fully saturated rings. The van der Waals surface area contributed by atoms with Crippen molar-refractivity contribution in [2.75, 3.05) is 32.8 Å². The summed E-state index contributed by atoms with van der Waals surface area (Å²) in [5, 5.41) is 0. The molecule has 0 bridgehead atoms. The number of rotatable bonds is 5. The number of aryl methyl sites for hydroxylation is 1. The summed E-state index contributed by atoms with van der Waals surface area (Å²) in [4.78, 5) is 2.39. The fraction of sp³-hybridized carbons (Fsp3) is 0.600. The molecular weight excluding hydrogens is 240 g/mol. The number of likely N-dealkylation sites (N-methyl/N-ethyl adjacent to an activating group) is 1. The Morgan fingerprint density at radius 2 is 2.32 bits per heavy atom. The van der Waals surface area contributed by atoms with Gasteiger partial charge in [0.2, 0.25) is 0 Å². The van der Waals surface area contributed by atoms with Gasteiger partial charge in [0.15, 0.2) is 0 Å². The van der Waals surface area contributed by atoms with Gasteiger partial charge in [0.25, 0.3) is 0 Å². The molecule has 0 aliphatic carbocycles. The van der Waals surface area contributed by atoms with Crippen LogP contribution in [-0.4, -0.2) is 43.9 Å². The molecule has 1 aliphatic rings. The molecule has 106 valence electrons.